The fourth-order valence-corrected chi connectivity index (χ4v) is 2.84. The molecule has 0 bridgehead atoms. The molecule has 0 aromatic rings. The van der Waals surface area contributed by atoms with Crippen molar-refractivity contribution in [3.63, 3.8) is 0 Å². The summed E-state index contributed by atoms with van der Waals surface area (Å²) in [4.78, 5) is 20.7. The molecular formula is C12H13ClN2O7S. The maximum Gasteiger partial charge on any atom is 0.355 e. The molecule has 0 saturated heterocycles. The fourth-order valence-electron chi connectivity index (χ4n) is 1.70. The molecule has 0 aromatic carbocycles. The molecule has 0 aliphatic carbocycles. The van der Waals surface area contributed by atoms with Crippen molar-refractivity contribution in [3.05, 3.63) is 55.7 Å². The molecule has 0 atom stereocenters. The van der Waals surface area contributed by atoms with Crippen molar-refractivity contribution in [3.8, 4) is 0 Å². The second-order valence-electron chi connectivity index (χ2n) is 4.20. The third kappa shape index (κ3) is 4.91. The van der Waals surface area contributed by atoms with Gasteiger partial charge in [-0.1, -0.05) is 11.6 Å². The highest BCUT2D eigenvalue weighted by atomic mass is 35.5. The van der Waals surface area contributed by atoms with Crippen LogP contribution in [0.4, 0.5) is 0 Å². The Morgan fingerprint density at radius 3 is 2.70 bits per heavy atom. The number of nitrogens with zero attached hydrogens (tertiary/aromatic N) is 1. The Morgan fingerprint density at radius 2 is 2.22 bits per heavy atom. The number of rotatable bonds is 6. The summed E-state index contributed by atoms with van der Waals surface area (Å²) in [6, 6.07) is 0. The quantitative estimate of drug-likeness (QED) is 0.235. The van der Waals surface area contributed by atoms with E-state index < -0.39 is 37.3 Å². The van der Waals surface area contributed by atoms with E-state index in [2.05, 4.69) is 16.6 Å². The zero-order chi connectivity index (χ0) is 17.8. The lowest BCUT2D eigenvalue weighted by molar-refractivity contribution is -0.418. The molecule has 1 rings (SSSR count). The van der Waals surface area contributed by atoms with Crippen LogP contribution in [0.5, 0.6) is 0 Å². The van der Waals surface area contributed by atoms with Crippen LogP contribution in [0.15, 0.2) is 45.6 Å². The highest BCUT2D eigenvalue weighted by molar-refractivity contribution is 7.90. The van der Waals surface area contributed by atoms with Crippen LogP contribution in [0, 0.1) is 10.1 Å². The Kier molecular flexibility index (Phi) is 6.07. The van der Waals surface area contributed by atoms with E-state index in [1.807, 2.05) is 0 Å². The predicted octanol–water partition coefficient (Wildman–Crippen LogP) is 1.09. The summed E-state index contributed by atoms with van der Waals surface area (Å²) in [7, 11) is -4.75. The molecule has 0 spiro atoms. The number of esters is 1. The van der Waals surface area contributed by atoms with E-state index in [0.717, 1.165) is 12.2 Å². The number of nitro groups is 1. The predicted molar refractivity (Wildman–Crippen MR) is 81.4 cm³/mol. The van der Waals surface area contributed by atoms with Gasteiger partial charge in [0.05, 0.1) is 11.5 Å². The zero-order valence-electron chi connectivity index (χ0n) is 11.9. The molecule has 1 heterocycles. The van der Waals surface area contributed by atoms with Crippen LogP contribution in [-0.2, 0) is 19.6 Å². The van der Waals surface area contributed by atoms with Gasteiger partial charge in [-0.15, -0.1) is 0 Å². The van der Waals surface area contributed by atoms with Crippen LogP contribution < -0.4 is 5.32 Å². The van der Waals surface area contributed by atoms with Crippen molar-refractivity contribution in [2.75, 3.05) is 13.2 Å². The maximum atomic E-state index is 11.7. The maximum absolute atomic E-state index is 11.7. The number of hydrogen-bond donors (Lipinski definition) is 2. The first-order chi connectivity index (χ1) is 10.6. The van der Waals surface area contributed by atoms with Gasteiger partial charge in [0.25, 0.3) is 15.8 Å². The molecule has 126 valence electrons. The van der Waals surface area contributed by atoms with Gasteiger partial charge in [-0.05, 0) is 25.2 Å². The molecule has 11 heteroatoms. The second kappa shape index (κ2) is 7.40. The second-order valence-corrected chi connectivity index (χ2v) is 6.00. The summed E-state index contributed by atoms with van der Waals surface area (Å²) >= 11 is 5.78. The monoisotopic (exact) mass is 364 g/mol. The van der Waals surface area contributed by atoms with Crippen molar-refractivity contribution in [1.29, 1.82) is 0 Å². The van der Waals surface area contributed by atoms with Gasteiger partial charge in [0.2, 0.25) is 0 Å². The zero-order valence-corrected chi connectivity index (χ0v) is 13.5. The smallest absolute Gasteiger partial charge is 0.355 e. The fraction of sp³-hybridized carbons (Fsp3) is 0.250. The van der Waals surface area contributed by atoms with Gasteiger partial charge in [-0.3, -0.25) is 14.7 Å². The highest BCUT2D eigenvalue weighted by Gasteiger charge is 2.33. The number of hydrogen-bond acceptors (Lipinski definition) is 7. The number of carbonyl (C=O) groups is 1. The summed E-state index contributed by atoms with van der Waals surface area (Å²) in [5.74, 6) is -0.960. The number of halogens is 1. The highest BCUT2D eigenvalue weighted by Crippen LogP contribution is 2.27. The first-order valence-electron chi connectivity index (χ1n) is 6.12. The molecule has 2 N–H and O–H groups in total. The minimum Gasteiger partial charge on any atom is -0.461 e. The molecule has 0 saturated carbocycles. The number of nitrogens with one attached hydrogen (secondary N) is 1. The molecule has 0 fully saturated rings. The van der Waals surface area contributed by atoms with Crippen molar-refractivity contribution in [1.82, 2.24) is 5.32 Å². The number of carbonyl (C=O) groups excluding carboxylic acids is 1. The van der Waals surface area contributed by atoms with Gasteiger partial charge in [0.15, 0.2) is 0 Å². The van der Waals surface area contributed by atoms with Crippen LogP contribution in [0.3, 0.4) is 0 Å². The van der Waals surface area contributed by atoms with E-state index in [0.29, 0.717) is 0 Å². The first-order valence-corrected chi connectivity index (χ1v) is 7.94. The Balaban J connectivity index is 3.32. The lowest BCUT2D eigenvalue weighted by Crippen LogP contribution is -2.20. The van der Waals surface area contributed by atoms with Crippen LogP contribution in [0.1, 0.15) is 6.92 Å². The third-order valence-electron chi connectivity index (χ3n) is 2.56. The minimum atomic E-state index is -4.75. The van der Waals surface area contributed by atoms with E-state index in [1.165, 1.54) is 6.92 Å². The summed E-state index contributed by atoms with van der Waals surface area (Å²) in [5, 5.41) is 12.8. The topological polar surface area (TPSA) is 136 Å². The average molecular weight is 365 g/mol. The van der Waals surface area contributed by atoms with Crippen LogP contribution in [0.2, 0.25) is 0 Å². The Labute approximate surface area is 136 Å². The lowest BCUT2D eigenvalue weighted by Gasteiger charge is -2.04. The van der Waals surface area contributed by atoms with Crippen LogP contribution in [0.25, 0.3) is 0 Å². The third-order valence-corrected chi connectivity index (χ3v) is 3.76. The lowest BCUT2D eigenvalue weighted by atomic mass is 10.2. The minimum absolute atomic E-state index is 0.00509. The van der Waals surface area contributed by atoms with Gasteiger partial charge in [-0.25, -0.2) is 4.79 Å². The van der Waals surface area contributed by atoms with Gasteiger partial charge < -0.3 is 10.1 Å². The van der Waals surface area contributed by atoms with Crippen molar-refractivity contribution >= 4 is 27.7 Å². The summed E-state index contributed by atoms with van der Waals surface area (Å²) in [6.07, 6.45) is 1.97. The molecule has 1 aliphatic heterocycles. The molecule has 23 heavy (non-hydrogen) atoms. The van der Waals surface area contributed by atoms with Crippen LogP contribution in [-0.4, -0.2) is 37.0 Å². The van der Waals surface area contributed by atoms with Gasteiger partial charge in [-0.2, -0.15) is 8.42 Å². The molecule has 0 radical (unpaired) electrons. The summed E-state index contributed by atoms with van der Waals surface area (Å²) in [6.45, 7) is 4.54. The van der Waals surface area contributed by atoms with Crippen molar-refractivity contribution in [2.45, 2.75) is 6.92 Å². The molecule has 9 nitrogen and oxygen atoms in total. The van der Waals surface area contributed by atoms with Gasteiger partial charge in [0, 0.05) is 17.7 Å². The average Bonchev–Trinajstić information content (AvgIpc) is 2.82. The Bertz CT molecular complexity index is 749. The Morgan fingerprint density at radius 1 is 1.61 bits per heavy atom. The normalized spacial score (nSPS) is 17.2. The van der Waals surface area contributed by atoms with Crippen molar-refractivity contribution < 1.29 is 27.4 Å². The molecule has 0 amide bonds. The number of ether oxygens (including phenoxy) is 1. The van der Waals surface area contributed by atoms with E-state index >= 15 is 0 Å². The molecule has 0 unspecified atom stereocenters. The van der Waals surface area contributed by atoms with E-state index in [-0.39, 0.29) is 23.8 Å². The standard InChI is InChI=1S/C12H13ClN2O7S/c1-3-22-12(16)10-11(23(19,20)21)8(6-14-10)5-9(13)4-7(2)15(17)18/h4-5,14H,2-3,6H2,1H3,(H,19,20,21)/b8-5+,9-4+. The molecule has 1 aliphatic rings. The van der Waals surface area contributed by atoms with E-state index in [4.69, 9.17) is 11.6 Å². The molecule has 0 aromatic heterocycles. The van der Waals surface area contributed by atoms with Gasteiger partial charge in [0.1, 0.15) is 10.6 Å². The first kappa shape index (κ1) is 18.9. The summed E-state index contributed by atoms with van der Waals surface area (Å²) < 4.78 is 37.0. The van der Waals surface area contributed by atoms with Crippen molar-refractivity contribution in [2.24, 2.45) is 0 Å². The van der Waals surface area contributed by atoms with Gasteiger partial charge >= 0.3 is 5.97 Å². The molecular weight excluding hydrogens is 352 g/mol. The van der Waals surface area contributed by atoms with Crippen LogP contribution >= 0.6 is 11.6 Å². The number of allylic oxidation sites excluding steroid dienone is 3. The summed E-state index contributed by atoms with van der Waals surface area (Å²) in [5.41, 5.74) is -0.994. The SMILES string of the molecule is C=C(/C=C(Cl)\C=C1/CNC(C(=O)OCC)=C1S(=O)(=O)O)[N+](=O)[O-]. The van der Waals surface area contributed by atoms with E-state index in [9.17, 15) is 27.9 Å². The largest absolute Gasteiger partial charge is 0.461 e. The Hall–Kier alpha value is -2.17. The van der Waals surface area contributed by atoms with E-state index in [1.54, 1.807) is 0 Å².